The number of imide groups is 1. The summed E-state index contributed by atoms with van der Waals surface area (Å²) in [5.41, 5.74) is 2.12. The molecule has 5 rings (SSSR count). The van der Waals surface area contributed by atoms with E-state index in [-0.39, 0.29) is 11.8 Å². The van der Waals surface area contributed by atoms with Crippen molar-refractivity contribution in [1.29, 1.82) is 0 Å². The van der Waals surface area contributed by atoms with Crippen LogP contribution in [0.3, 0.4) is 0 Å². The van der Waals surface area contributed by atoms with Gasteiger partial charge in [-0.3, -0.25) is 14.4 Å². The first kappa shape index (κ1) is 19.3. The second-order valence-corrected chi connectivity index (χ2v) is 8.55. The summed E-state index contributed by atoms with van der Waals surface area (Å²) in [4.78, 5) is 34.0. The Morgan fingerprint density at radius 3 is 2.27 bits per heavy atom. The van der Waals surface area contributed by atoms with Crippen molar-refractivity contribution in [2.45, 2.75) is 12.1 Å². The zero-order valence-corrected chi connectivity index (χ0v) is 18.0. The molecule has 150 valence electrons. The van der Waals surface area contributed by atoms with Crippen LogP contribution >= 0.6 is 27.5 Å². The van der Waals surface area contributed by atoms with Crippen molar-refractivity contribution in [2.24, 2.45) is 5.92 Å². The summed E-state index contributed by atoms with van der Waals surface area (Å²) in [6.07, 6.45) is -0.898. The largest absolute Gasteiger partial charge is 0.273 e. The van der Waals surface area contributed by atoms with Crippen LogP contribution in [-0.4, -0.2) is 17.9 Å². The van der Waals surface area contributed by atoms with Gasteiger partial charge in [-0.05, 0) is 54.1 Å². The molecule has 0 N–H and O–H groups in total. The maximum atomic E-state index is 13.5. The molecule has 5 nitrogen and oxygen atoms in total. The van der Waals surface area contributed by atoms with Gasteiger partial charge in [-0.2, -0.15) is 0 Å². The van der Waals surface area contributed by atoms with Crippen molar-refractivity contribution in [3.05, 3.63) is 93.9 Å². The Balaban J connectivity index is 1.59. The van der Waals surface area contributed by atoms with Gasteiger partial charge in [-0.1, -0.05) is 57.9 Å². The highest BCUT2D eigenvalue weighted by atomic mass is 79.9. The van der Waals surface area contributed by atoms with Crippen molar-refractivity contribution in [3.8, 4) is 0 Å². The topological polar surface area (TPSA) is 49.9 Å². The molecule has 0 spiro atoms. The van der Waals surface area contributed by atoms with Crippen LogP contribution in [0.4, 0.5) is 11.4 Å². The fourth-order valence-electron chi connectivity index (χ4n) is 4.09. The van der Waals surface area contributed by atoms with Crippen LogP contribution < -0.4 is 9.96 Å². The molecule has 2 saturated heterocycles. The Morgan fingerprint density at radius 2 is 1.57 bits per heavy atom. The summed E-state index contributed by atoms with van der Waals surface area (Å²) in [6, 6.07) is 23.4. The lowest BCUT2D eigenvalue weighted by atomic mass is 9.90. The molecule has 30 heavy (non-hydrogen) atoms. The number of rotatable bonds is 3. The van der Waals surface area contributed by atoms with Crippen LogP contribution in [-0.2, 0) is 14.4 Å². The lowest BCUT2D eigenvalue weighted by Crippen LogP contribution is -2.37. The molecule has 2 amide bonds. The minimum Gasteiger partial charge on any atom is -0.273 e. The molecule has 3 unspecified atom stereocenters. The number of anilines is 2. The SMILES string of the molecule is O=C1C2ON(c3ccccc3)C(c3cccc(Cl)c3)C2C(=O)N1c1ccc(Br)cc1. The smallest absolute Gasteiger partial charge is 0.266 e. The highest BCUT2D eigenvalue weighted by Gasteiger charge is 2.60. The van der Waals surface area contributed by atoms with Crippen molar-refractivity contribution >= 4 is 50.7 Å². The molecule has 2 aliphatic rings. The monoisotopic (exact) mass is 482 g/mol. The molecule has 0 saturated carbocycles. The van der Waals surface area contributed by atoms with Gasteiger partial charge in [-0.15, -0.1) is 0 Å². The number of hydroxylamine groups is 1. The molecule has 0 aromatic heterocycles. The summed E-state index contributed by atoms with van der Waals surface area (Å²) in [5, 5.41) is 2.22. The predicted octanol–water partition coefficient (Wildman–Crippen LogP) is 5.15. The number of hydrogen-bond donors (Lipinski definition) is 0. The molecule has 2 aliphatic heterocycles. The van der Waals surface area contributed by atoms with E-state index in [1.54, 1.807) is 35.4 Å². The average molecular weight is 484 g/mol. The average Bonchev–Trinajstić information content (AvgIpc) is 3.26. The fourth-order valence-corrected chi connectivity index (χ4v) is 4.55. The normalized spacial score (nSPS) is 23.2. The van der Waals surface area contributed by atoms with Gasteiger partial charge in [0.05, 0.1) is 17.4 Å². The van der Waals surface area contributed by atoms with E-state index in [9.17, 15) is 9.59 Å². The molecule has 2 heterocycles. The Bertz CT molecular complexity index is 1120. The van der Waals surface area contributed by atoms with Crippen LogP contribution in [0.2, 0.25) is 5.02 Å². The molecular formula is C23H16BrClN2O3. The number of halogens is 2. The molecule has 3 aromatic rings. The van der Waals surface area contributed by atoms with E-state index in [4.69, 9.17) is 16.4 Å². The van der Waals surface area contributed by atoms with Crippen LogP contribution in [0.5, 0.6) is 0 Å². The van der Waals surface area contributed by atoms with E-state index >= 15 is 0 Å². The lowest BCUT2D eigenvalue weighted by Gasteiger charge is -2.28. The van der Waals surface area contributed by atoms with E-state index in [2.05, 4.69) is 15.9 Å². The number of carbonyl (C=O) groups excluding carboxylic acids is 2. The number of amides is 2. The zero-order chi connectivity index (χ0) is 20.8. The van der Waals surface area contributed by atoms with E-state index in [0.717, 1.165) is 15.7 Å². The highest BCUT2D eigenvalue weighted by Crippen LogP contribution is 2.47. The second kappa shape index (κ2) is 7.54. The Kier molecular flexibility index (Phi) is 4.85. The second-order valence-electron chi connectivity index (χ2n) is 7.20. The summed E-state index contributed by atoms with van der Waals surface area (Å²) >= 11 is 9.62. The standard InChI is InChI=1S/C23H16BrClN2O3/c24-15-9-11-17(12-10-15)26-22(28)19-20(14-5-4-6-16(25)13-14)27(30-21(19)23(26)29)18-7-2-1-3-8-18/h1-13,19-21H. The van der Waals surface area contributed by atoms with Crippen LogP contribution in [0.25, 0.3) is 0 Å². The van der Waals surface area contributed by atoms with Gasteiger partial charge in [0.1, 0.15) is 5.92 Å². The third-order valence-corrected chi connectivity index (χ3v) is 6.16. The fraction of sp³-hybridized carbons (Fsp3) is 0.130. The summed E-state index contributed by atoms with van der Waals surface area (Å²) < 4.78 is 0.869. The number of carbonyl (C=O) groups is 2. The van der Waals surface area contributed by atoms with E-state index < -0.39 is 18.1 Å². The molecular weight excluding hydrogens is 468 g/mol. The maximum Gasteiger partial charge on any atom is 0.266 e. The van der Waals surface area contributed by atoms with Gasteiger partial charge in [-0.25, -0.2) is 9.96 Å². The van der Waals surface area contributed by atoms with Crippen LogP contribution in [0, 0.1) is 5.92 Å². The first-order valence-electron chi connectivity index (χ1n) is 9.44. The number of hydrogen-bond acceptors (Lipinski definition) is 4. The predicted molar refractivity (Wildman–Crippen MR) is 118 cm³/mol. The molecule has 3 atom stereocenters. The minimum absolute atomic E-state index is 0.282. The van der Waals surface area contributed by atoms with Crippen LogP contribution in [0.1, 0.15) is 11.6 Å². The van der Waals surface area contributed by atoms with Gasteiger partial charge in [0.25, 0.3) is 5.91 Å². The van der Waals surface area contributed by atoms with Gasteiger partial charge in [0.2, 0.25) is 5.91 Å². The van der Waals surface area contributed by atoms with Crippen molar-refractivity contribution in [2.75, 3.05) is 9.96 Å². The minimum atomic E-state index is -0.898. The maximum absolute atomic E-state index is 13.5. The zero-order valence-electron chi connectivity index (χ0n) is 15.6. The van der Waals surface area contributed by atoms with Crippen molar-refractivity contribution in [1.82, 2.24) is 0 Å². The van der Waals surface area contributed by atoms with E-state index in [1.165, 1.54) is 4.90 Å². The van der Waals surface area contributed by atoms with Gasteiger partial charge in [0.15, 0.2) is 6.10 Å². The number of nitrogens with zero attached hydrogens (tertiary/aromatic N) is 2. The summed E-state index contributed by atoms with van der Waals surface area (Å²) in [6.45, 7) is 0. The molecule has 0 radical (unpaired) electrons. The van der Waals surface area contributed by atoms with E-state index in [1.807, 2.05) is 48.5 Å². The molecule has 0 aliphatic carbocycles. The third-order valence-electron chi connectivity index (χ3n) is 5.40. The number of benzene rings is 3. The van der Waals surface area contributed by atoms with Crippen molar-refractivity contribution in [3.63, 3.8) is 0 Å². The first-order valence-corrected chi connectivity index (χ1v) is 10.6. The Morgan fingerprint density at radius 1 is 0.833 bits per heavy atom. The Labute approximate surface area is 186 Å². The van der Waals surface area contributed by atoms with Gasteiger partial charge < -0.3 is 0 Å². The summed E-state index contributed by atoms with van der Waals surface area (Å²) in [7, 11) is 0. The third kappa shape index (κ3) is 3.12. The number of para-hydroxylation sites is 1. The van der Waals surface area contributed by atoms with Crippen LogP contribution in [0.15, 0.2) is 83.3 Å². The van der Waals surface area contributed by atoms with Gasteiger partial charge >= 0.3 is 0 Å². The molecule has 7 heteroatoms. The molecule has 3 aromatic carbocycles. The van der Waals surface area contributed by atoms with Crippen molar-refractivity contribution < 1.29 is 14.4 Å². The first-order chi connectivity index (χ1) is 14.5. The quantitative estimate of drug-likeness (QED) is 0.483. The Hall–Kier alpha value is -2.67. The highest BCUT2D eigenvalue weighted by molar-refractivity contribution is 9.10. The van der Waals surface area contributed by atoms with E-state index in [0.29, 0.717) is 10.7 Å². The summed E-state index contributed by atoms with van der Waals surface area (Å²) in [5.74, 6) is -1.33. The lowest BCUT2D eigenvalue weighted by molar-refractivity contribution is -0.126. The van der Waals surface area contributed by atoms with Gasteiger partial charge in [0, 0.05) is 9.50 Å². The number of fused-ring (bicyclic) bond motifs is 1. The molecule has 2 fully saturated rings. The molecule has 0 bridgehead atoms.